The van der Waals surface area contributed by atoms with Crippen molar-refractivity contribution in [3.05, 3.63) is 207 Å². The number of esters is 3. The van der Waals surface area contributed by atoms with Crippen molar-refractivity contribution in [3.63, 3.8) is 0 Å². The Balaban J connectivity index is 4.55. The van der Waals surface area contributed by atoms with Crippen molar-refractivity contribution in [1.29, 1.82) is 0 Å². The molecule has 0 rings (SSSR count). The van der Waals surface area contributed by atoms with Gasteiger partial charge in [0.05, 0.1) is 0 Å². The maximum Gasteiger partial charge on any atom is 0.306 e. The molecule has 6 nitrogen and oxygen atoms in total. The van der Waals surface area contributed by atoms with Crippen LogP contribution in [0.25, 0.3) is 0 Å². The summed E-state index contributed by atoms with van der Waals surface area (Å²) in [6, 6.07) is 0. The van der Waals surface area contributed by atoms with Gasteiger partial charge >= 0.3 is 17.9 Å². The predicted molar refractivity (Wildman–Crippen MR) is 361 cm³/mol. The molecular formula is C77H116O6. The molecule has 0 aliphatic carbocycles. The van der Waals surface area contributed by atoms with Crippen LogP contribution in [-0.2, 0) is 28.6 Å². The average molecular weight is 1140 g/mol. The number of rotatable bonds is 56. The third-order valence-electron chi connectivity index (χ3n) is 12.8. The quantitative estimate of drug-likeness (QED) is 0.0261. The van der Waals surface area contributed by atoms with Crippen LogP contribution in [0.1, 0.15) is 239 Å². The van der Waals surface area contributed by atoms with Gasteiger partial charge in [-0.2, -0.15) is 0 Å². The van der Waals surface area contributed by atoms with Gasteiger partial charge in [-0.3, -0.25) is 14.4 Å². The largest absolute Gasteiger partial charge is 0.462 e. The number of carbonyl (C=O) groups is 3. The molecule has 0 heterocycles. The normalized spacial score (nSPS) is 13.5. The highest BCUT2D eigenvalue weighted by molar-refractivity contribution is 5.71. The highest BCUT2D eigenvalue weighted by atomic mass is 16.6. The van der Waals surface area contributed by atoms with Gasteiger partial charge in [-0.15, -0.1) is 0 Å². The molecule has 1 atom stereocenters. The molecule has 0 aromatic rings. The molecule has 83 heavy (non-hydrogen) atoms. The van der Waals surface area contributed by atoms with E-state index in [9.17, 15) is 14.4 Å². The van der Waals surface area contributed by atoms with E-state index in [2.05, 4.69) is 227 Å². The molecular weight excluding hydrogens is 1020 g/mol. The molecule has 0 bridgehead atoms. The van der Waals surface area contributed by atoms with Gasteiger partial charge in [0.15, 0.2) is 6.10 Å². The molecule has 6 heteroatoms. The predicted octanol–water partition coefficient (Wildman–Crippen LogP) is 22.8. The highest BCUT2D eigenvalue weighted by Crippen LogP contribution is 2.13. The van der Waals surface area contributed by atoms with Crippen LogP contribution in [0.3, 0.4) is 0 Å². The minimum absolute atomic E-state index is 0.132. The van der Waals surface area contributed by atoms with Crippen molar-refractivity contribution in [2.75, 3.05) is 13.2 Å². The van der Waals surface area contributed by atoms with Crippen LogP contribution in [0.15, 0.2) is 207 Å². The second-order valence-corrected chi connectivity index (χ2v) is 20.5. The third kappa shape index (κ3) is 66.7. The minimum Gasteiger partial charge on any atom is -0.462 e. The number of ether oxygens (including phenoxy) is 3. The van der Waals surface area contributed by atoms with Crippen LogP contribution in [0.4, 0.5) is 0 Å². The molecule has 0 aliphatic heterocycles. The zero-order valence-corrected chi connectivity index (χ0v) is 52.6. The zero-order chi connectivity index (χ0) is 59.9. The summed E-state index contributed by atoms with van der Waals surface area (Å²) < 4.78 is 16.8. The van der Waals surface area contributed by atoms with Crippen molar-refractivity contribution in [3.8, 4) is 0 Å². The molecule has 0 radical (unpaired) electrons. The fraction of sp³-hybridized carbons (Fsp3) is 0.519. The Morgan fingerprint density at radius 2 is 0.446 bits per heavy atom. The maximum absolute atomic E-state index is 12.9. The molecule has 0 aromatic heterocycles. The number of hydrogen-bond acceptors (Lipinski definition) is 6. The first-order chi connectivity index (χ1) is 41.0. The summed E-state index contributed by atoms with van der Waals surface area (Å²) in [4.78, 5) is 38.3. The first kappa shape index (κ1) is 77.0. The van der Waals surface area contributed by atoms with Gasteiger partial charge in [-0.1, -0.05) is 266 Å². The first-order valence-corrected chi connectivity index (χ1v) is 32.6. The molecule has 0 aromatic carbocycles. The van der Waals surface area contributed by atoms with E-state index in [4.69, 9.17) is 14.2 Å². The molecule has 0 amide bonds. The second kappa shape index (κ2) is 68.5. The minimum atomic E-state index is -0.838. The Kier molecular flexibility index (Phi) is 63.5. The van der Waals surface area contributed by atoms with Gasteiger partial charge in [0.2, 0.25) is 0 Å². The van der Waals surface area contributed by atoms with Crippen LogP contribution in [-0.4, -0.2) is 37.2 Å². The lowest BCUT2D eigenvalue weighted by Crippen LogP contribution is -2.30. The van der Waals surface area contributed by atoms with Crippen LogP contribution < -0.4 is 0 Å². The number of carbonyl (C=O) groups excluding carboxylic acids is 3. The fourth-order valence-corrected chi connectivity index (χ4v) is 8.01. The van der Waals surface area contributed by atoms with E-state index in [0.29, 0.717) is 12.8 Å². The average Bonchev–Trinajstić information content (AvgIpc) is 3.49. The molecule has 1 unspecified atom stereocenters. The zero-order valence-electron chi connectivity index (χ0n) is 52.6. The van der Waals surface area contributed by atoms with E-state index in [1.54, 1.807) is 0 Å². The van der Waals surface area contributed by atoms with Gasteiger partial charge in [0.1, 0.15) is 13.2 Å². The Hall–Kier alpha value is -6.01. The first-order valence-electron chi connectivity index (χ1n) is 32.6. The fourth-order valence-electron chi connectivity index (χ4n) is 8.01. The van der Waals surface area contributed by atoms with Crippen molar-refractivity contribution in [2.45, 2.75) is 245 Å². The van der Waals surface area contributed by atoms with Crippen molar-refractivity contribution in [1.82, 2.24) is 0 Å². The van der Waals surface area contributed by atoms with Crippen molar-refractivity contribution < 1.29 is 28.6 Å². The van der Waals surface area contributed by atoms with Crippen molar-refractivity contribution >= 4 is 17.9 Å². The number of hydrogen-bond donors (Lipinski definition) is 0. The summed E-state index contributed by atoms with van der Waals surface area (Å²) in [5.41, 5.74) is 0. The summed E-state index contributed by atoms with van der Waals surface area (Å²) in [6.07, 6.45) is 106. The van der Waals surface area contributed by atoms with Crippen LogP contribution in [0.2, 0.25) is 0 Å². The molecule has 0 N–H and O–H groups in total. The summed E-state index contributed by atoms with van der Waals surface area (Å²) in [5, 5.41) is 0. The third-order valence-corrected chi connectivity index (χ3v) is 12.8. The van der Waals surface area contributed by atoms with E-state index >= 15 is 0 Å². The van der Waals surface area contributed by atoms with Crippen LogP contribution in [0, 0.1) is 0 Å². The van der Waals surface area contributed by atoms with Crippen LogP contribution >= 0.6 is 0 Å². The van der Waals surface area contributed by atoms with E-state index in [1.807, 2.05) is 0 Å². The molecule has 460 valence electrons. The lowest BCUT2D eigenvalue weighted by Gasteiger charge is -2.18. The van der Waals surface area contributed by atoms with Gasteiger partial charge in [0.25, 0.3) is 0 Å². The summed E-state index contributed by atoms with van der Waals surface area (Å²) in [5.74, 6) is -1.05. The molecule has 0 aliphatic rings. The second-order valence-electron chi connectivity index (χ2n) is 20.5. The maximum atomic E-state index is 12.9. The van der Waals surface area contributed by atoms with Gasteiger partial charge in [-0.05, 0) is 161 Å². The molecule has 0 spiro atoms. The molecule has 0 saturated carbocycles. The van der Waals surface area contributed by atoms with E-state index in [-0.39, 0.29) is 50.4 Å². The Bertz CT molecular complexity index is 2030. The summed E-state index contributed by atoms with van der Waals surface area (Å²) >= 11 is 0. The smallest absolute Gasteiger partial charge is 0.306 e. The van der Waals surface area contributed by atoms with Crippen LogP contribution in [0.5, 0.6) is 0 Å². The lowest BCUT2D eigenvalue weighted by molar-refractivity contribution is -0.167. The topological polar surface area (TPSA) is 78.9 Å². The van der Waals surface area contributed by atoms with Crippen molar-refractivity contribution in [2.24, 2.45) is 0 Å². The SMILES string of the molecule is CC/C=C\C/C=C\C/C=C\C/C=C\C/C=C\C/C=C\C/C=C\C/C=C\C/C=C\CCCC(=O)OCC(COC(=O)CCCC/C=C\C/C=C\C/C=C\C/C=C\CC)OC(=O)CCCCCCCCCC/C=C\C/C=C\C/C=C\C/C=C\CC. The summed E-state index contributed by atoms with van der Waals surface area (Å²) in [6.45, 7) is 6.19. The standard InChI is InChI=1S/C77H116O6/c1-4-7-10-13-16-19-22-25-28-30-32-34-35-36-37-38-39-40-41-43-44-46-49-52-55-58-61-64-67-70-76(79)82-73-74(72-81-75(78)69-66-63-60-57-54-51-48-27-24-21-18-15-12-9-6-3)83-77(80)71-68-65-62-59-56-53-50-47-45-42-33-31-29-26-23-20-17-14-11-8-5-2/h7-12,16-21,25-29,32-34,36-37,39-40,42-44,48-49,52,54,57-58,61,74H,4-6,13-15,22-24,30-31,35,38,41,45-47,50-51,53,55-56,59-60,62-73H2,1-3H3/b10-7-,11-8-,12-9-,19-16-,20-17-,21-18-,28-25-,29-26-,34-32-,37-36-,40-39-,42-33-,44-43-,48-27-,52-49-,57-54-,61-58-. The molecule has 0 saturated heterocycles. The van der Waals surface area contributed by atoms with E-state index < -0.39 is 6.10 Å². The van der Waals surface area contributed by atoms with Gasteiger partial charge in [0, 0.05) is 19.3 Å². The Morgan fingerprint density at radius 1 is 0.241 bits per heavy atom. The highest BCUT2D eigenvalue weighted by Gasteiger charge is 2.19. The summed E-state index contributed by atoms with van der Waals surface area (Å²) in [7, 11) is 0. The molecule has 0 fully saturated rings. The van der Waals surface area contributed by atoms with E-state index in [1.165, 1.54) is 25.7 Å². The van der Waals surface area contributed by atoms with Gasteiger partial charge < -0.3 is 14.2 Å². The van der Waals surface area contributed by atoms with Gasteiger partial charge in [-0.25, -0.2) is 0 Å². The van der Waals surface area contributed by atoms with E-state index in [0.717, 1.165) is 161 Å². The Labute approximate surface area is 509 Å². The monoisotopic (exact) mass is 1140 g/mol. The number of unbranched alkanes of at least 4 members (excludes halogenated alkanes) is 11. The Morgan fingerprint density at radius 3 is 0.747 bits per heavy atom. The number of allylic oxidation sites excluding steroid dienone is 34. The lowest BCUT2D eigenvalue weighted by atomic mass is 10.1.